The van der Waals surface area contributed by atoms with Crippen molar-refractivity contribution in [1.29, 1.82) is 0 Å². The molecule has 0 aliphatic carbocycles. The second-order valence-corrected chi connectivity index (χ2v) is 7.27. The lowest BCUT2D eigenvalue weighted by Gasteiger charge is -2.34. The number of nitrogens with zero attached hydrogens (tertiary/aromatic N) is 1. The highest BCUT2D eigenvalue weighted by Gasteiger charge is 2.31. The number of rotatable bonds is 3. The summed E-state index contributed by atoms with van der Waals surface area (Å²) in [5.74, 6) is 0.250. The first-order valence-corrected chi connectivity index (χ1v) is 8.32. The van der Waals surface area contributed by atoms with Crippen LogP contribution in [-0.4, -0.2) is 36.3 Å². The molecule has 1 atom stereocenters. The summed E-state index contributed by atoms with van der Waals surface area (Å²) in [5.41, 5.74) is -1.29. The molecule has 1 amide bonds. The number of piperidine rings is 1. The van der Waals surface area contributed by atoms with Gasteiger partial charge in [0.2, 0.25) is 0 Å². The molecule has 0 spiro atoms. The third kappa shape index (κ3) is 6.14. The number of alkyl halides is 3. The Balaban J connectivity index is 1.90. The molecule has 2 rings (SSSR count). The van der Waals surface area contributed by atoms with Gasteiger partial charge in [-0.15, -0.1) is 0 Å². The largest absolute Gasteiger partial charge is 0.493 e. The molecular formula is C18H24F3NO3. The molecule has 4 nitrogen and oxygen atoms in total. The second-order valence-electron chi connectivity index (χ2n) is 7.27. The van der Waals surface area contributed by atoms with Gasteiger partial charge in [0.15, 0.2) is 0 Å². The lowest BCUT2D eigenvalue weighted by molar-refractivity contribution is -0.137. The highest BCUT2D eigenvalue weighted by atomic mass is 19.4. The van der Waals surface area contributed by atoms with E-state index in [1.54, 1.807) is 4.90 Å². The molecule has 1 aromatic carbocycles. The third-order valence-corrected chi connectivity index (χ3v) is 3.82. The maximum absolute atomic E-state index is 12.7. The van der Waals surface area contributed by atoms with E-state index in [2.05, 4.69) is 0 Å². The van der Waals surface area contributed by atoms with Crippen molar-refractivity contribution in [3.05, 3.63) is 29.8 Å². The van der Waals surface area contributed by atoms with Gasteiger partial charge in [-0.1, -0.05) is 6.07 Å². The fourth-order valence-electron chi connectivity index (χ4n) is 2.67. The van der Waals surface area contributed by atoms with Crippen LogP contribution in [0.3, 0.4) is 0 Å². The average Bonchev–Trinajstić information content (AvgIpc) is 2.51. The van der Waals surface area contributed by atoms with Crippen LogP contribution in [0.25, 0.3) is 0 Å². The smallest absolute Gasteiger partial charge is 0.416 e. The quantitative estimate of drug-likeness (QED) is 0.783. The van der Waals surface area contributed by atoms with Gasteiger partial charge >= 0.3 is 12.3 Å². The molecule has 1 aromatic rings. The molecule has 1 fully saturated rings. The number of hydrogen-bond acceptors (Lipinski definition) is 3. The fourth-order valence-corrected chi connectivity index (χ4v) is 2.67. The van der Waals surface area contributed by atoms with Crippen LogP contribution in [0.4, 0.5) is 18.0 Å². The van der Waals surface area contributed by atoms with Crippen molar-refractivity contribution >= 4 is 6.09 Å². The summed E-state index contributed by atoms with van der Waals surface area (Å²) in [5, 5.41) is 0. The zero-order valence-electron chi connectivity index (χ0n) is 14.7. The Labute approximate surface area is 145 Å². The summed E-state index contributed by atoms with van der Waals surface area (Å²) in [7, 11) is 0. The summed E-state index contributed by atoms with van der Waals surface area (Å²) in [6, 6.07) is 4.84. The Morgan fingerprint density at radius 2 is 2.00 bits per heavy atom. The number of carbonyl (C=O) groups excluding carboxylic acids is 1. The van der Waals surface area contributed by atoms with E-state index in [0.717, 1.165) is 25.0 Å². The van der Waals surface area contributed by atoms with Crippen LogP contribution in [0.5, 0.6) is 5.75 Å². The summed E-state index contributed by atoms with van der Waals surface area (Å²) >= 11 is 0. The van der Waals surface area contributed by atoms with Crippen LogP contribution in [0.1, 0.15) is 39.2 Å². The Kier molecular flexibility index (Phi) is 5.85. The number of carbonyl (C=O) groups is 1. The maximum atomic E-state index is 12.7. The Bertz CT molecular complexity index is 596. The van der Waals surface area contributed by atoms with Crippen LogP contribution < -0.4 is 4.74 Å². The van der Waals surface area contributed by atoms with E-state index in [1.807, 2.05) is 20.8 Å². The van der Waals surface area contributed by atoms with Crippen molar-refractivity contribution in [3.63, 3.8) is 0 Å². The first kappa shape index (κ1) is 19.4. The number of benzene rings is 1. The van der Waals surface area contributed by atoms with Crippen LogP contribution in [0, 0.1) is 5.92 Å². The molecule has 0 N–H and O–H groups in total. The molecule has 1 heterocycles. The molecule has 1 aliphatic rings. The summed E-state index contributed by atoms with van der Waals surface area (Å²) < 4.78 is 49.1. The van der Waals surface area contributed by atoms with Gasteiger partial charge in [-0.05, 0) is 51.8 Å². The predicted octanol–water partition coefficient (Wildman–Crippen LogP) is 4.73. The topological polar surface area (TPSA) is 38.8 Å². The maximum Gasteiger partial charge on any atom is 0.416 e. The van der Waals surface area contributed by atoms with Gasteiger partial charge in [0, 0.05) is 19.0 Å². The number of hydrogen-bond donors (Lipinski definition) is 0. The van der Waals surface area contributed by atoms with Crippen molar-refractivity contribution in [1.82, 2.24) is 4.90 Å². The van der Waals surface area contributed by atoms with Crippen LogP contribution in [-0.2, 0) is 10.9 Å². The average molecular weight is 359 g/mol. The molecule has 0 saturated carbocycles. The zero-order valence-corrected chi connectivity index (χ0v) is 14.7. The van der Waals surface area contributed by atoms with Crippen molar-refractivity contribution in [2.24, 2.45) is 5.92 Å². The minimum atomic E-state index is -4.39. The van der Waals surface area contributed by atoms with E-state index < -0.39 is 17.3 Å². The standard InChI is InChI=1S/C18H24F3NO3/c1-17(2,3)25-16(23)22-9-5-6-13(11-22)12-24-15-8-4-7-14(10-15)18(19,20)21/h4,7-8,10,13H,5-6,9,11-12H2,1-3H3/t13-/m0/s1. The molecular weight excluding hydrogens is 335 g/mol. The summed E-state index contributed by atoms with van der Waals surface area (Å²) in [4.78, 5) is 13.8. The van der Waals surface area contributed by atoms with E-state index in [-0.39, 0.29) is 24.4 Å². The molecule has 0 bridgehead atoms. The van der Waals surface area contributed by atoms with E-state index in [9.17, 15) is 18.0 Å². The number of amides is 1. The number of likely N-dealkylation sites (tertiary alicyclic amines) is 1. The van der Waals surface area contributed by atoms with Gasteiger partial charge in [-0.3, -0.25) is 0 Å². The molecule has 1 saturated heterocycles. The van der Waals surface area contributed by atoms with Crippen LogP contribution in [0.15, 0.2) is 24.3 Å². The van der Waals surface area contributed by atoms with Crippen LogP contribution >= 0.6 is 0 Å². The van der Waals surface area contributed by atoms with Crippen molar-refractivity contribution in [2.75, 3.05) is 19.7 Å². The van der Waals surface area contributed by atoms with Crippen molar-refractivity contribution in [2.45, 2.75) is 45.4 Å². The Hall–Kier alpha value is -1.92. The normalized spacial score (nSPS) is 18.8. The first-order chi connectivity index (χ1) is 11.5. The van der Waals surface area contributed by atoms with Gasteiger partial charge in [0.05, 0.1) is 12.2 Å². The van der Waals surface area contributed by atoms with Gasteiger partial charge in [-0.2, -0.15) is 13.2 Å². The third-order valence-electron chi connectivity index (χ3n) is 3.82. The highest BCUT2D eigenvalue weighted by molar-refractivity contribution is 5.68. The van der Waals surface area contributed by atoms with E-state index in [4.69, 9.17) is 9.47 Å². The van der Waals surface area contributed by atoms with E-state index in [0.29, 0.717) is 13.1 Å². The van der Waals surface area contributed by atoms with Gasteiger partial charge in [-0.25, -0.2) is 4.79 Å². The molecule has 7 heteroatoms. The summed E-state index contributed by atoms with van der Waals surface area (Å²) in [6.07, 6.45) is -3.08. The zero-order chi connectivity index (χ0) is 18.7. The highest BCUT2D eigenvalue weighted by Crippen LogP contribution is 2.31. The van der Waals surface area contributed by atoms with Gasteiger partial charge in [0.1, 0.15) is 11.4 Å². The minimum absolute atomic E-state index is 0.0656. The fraction of sp³-hybridized carbons (Fsp3) is 0.611. The number of halogens is 3. The summed E-state index contributed by atoms with van der Waals surface area (Å²) in [6.45, 7) is 6.79. The van der Waals surface area contributed by atoms with Gasteiger partial charge in [0.25, 0.3) is 0 Å². The van der Waals surface area contributed by atoms with Crippen LogP contribution in [0.2, 0.25) is 0 Å². The molecule has 0 radical (unpaired) electrons. The molecule has 1 aliphatic heterocycles. The second kappa shape index (κ2) is 7.54. The SMILES string of the molecule is CC(C)(C)OC(=O)N1CCC[C@H](COc2cccc(C(F)(F)F)c2)C1. The van der Waals surface area contributed by atoms with Crippen molar-refractivity contribution < 1.29 is 27.4 Å². The number of ether oxygens (including phenoxy) is 2. The van der Waals surface area contributed by atoms with E-state index >= 15 is 0 Å². The minimum Gasteiger partial charge on any atom is -0.493 e. The molecule has 0 aromatic heterocycles. The first-order valence-electron chi connectivity index (χ1n) is 8.32. The lowest BCUT2D eigenvalue weighted by atomic mass is 9.99. The van der Waals surface area contributed by atoms with Crippen molar-refractivity contribution in [3.8, 4) is 5.75 Å². The van der Waals surface area contributed by atoms with E-state index in [1.165, 1.54) is 12.1 Å². The lowest BCUT2D eigenvalue weighted by Crippen LogP contribution is -2.44. The van der Waals surface area contributed by atoms with Gasteiger partial charge < -0.3 is 14.4 Å². The molecule has 25 heavy (non-hydrogen) atoms. The Morgan fingerprint density at radius 1 is 1.28 bits per heavy atom. The Morgan fingerprint density at radius 3 is 2.64 bits per heavy atom. The predicted molar refractivity (Wildman–Crippen MR) is 87.5 cm³/mol. The molecule has 140 valence electrons. The monoisotopic (exact) mass is 359 g/mol. The molecule has 0 unspecified atom stereocenters.